The zero-order valence-corrected chi connectivity index (χ0v) is 17.6. The second-order valence-corrected chi connectivity index (χ2v) is 8.32. The molecule has 15 nitrogen and oxygen atoms in total. The van der Waals surface area contributed by atoms with Crippen LogP contribution in [0.4, 0.5) is 0 Å². The predicted molar refractivity (Wildman–Crippen MR) is 99.8 cm³/mol. The molecule has 0 saturated carbocycles. The number of hydrogen-bond acceptors (Lipinski definition) is 15. The third-order valence-corrected chi connectivity index (χ3v) is 6.06. The molecule has 1 unspecified atom stereocenters. The average molecular weight is 488 g/mol. The maximum Gasteiger partial charge on any atom is 0.187 e. The first-order valence-electron chi connectivity index (χ1n) is 10.4. The van der Waals surface area contributed by atoms with Gasteiger partial charge in [-0.25, -0.2) is 0 Å². The molecule has 0 spiro atoms. The van der Waals surface area contributed by atoms with E-state index in [1.807, 2.05) is 0 Å². The SMILES string of the molecule is C[C@@H]1O[C@@H](O[C@H]2[C@H](O[C@H]3[C@@H](O)[C@@H](CO)OC(O)[C@@H]3O)O[C@H](CO)[C@H](O)[C@@H]2O)[C@@H](O)[C@H](O)[C@@H]1O. The molecule has 3 aliphatic rings. The van der Waals surface area contributed by atoms with E-state index in [1.54, 1.807) is 0 Å². The van der Waals surface area contributed by atoms with Gasteiger partial charge in [0.1, 0.15) is 67.1 Å². The maximum absolute atomic E-state index is 10.6. The van der Waals surface area contributed by atoms with Gasteiger partial charge >= 0.3 is 0 Å². The third-order valence-electron chi connectivity index (χ3n) is 6.06. The van der Waals surface area contributed by atoms with Crippen LogP contribution in [0.3, 0.4) is 0 Å². The molecule has 3 aliphatic heterocycles. The fourth-order valence-electron chi connectivity index (χ4n) is 3.97. The summed E-state index contributed by atoms with van der Waals surface area (Å²) in [4.78, 5) is 0. The number of aliphatic hydroxyl groups excluding tert-OH is 10. The van der Waals surface area contributed by atoms with Crippen molar-refractivity contribution in [3.05, 3.63) is 0 Å². The smallest absolute Gasteiger partial charge is 0.187 e. The lowest BCUT2D eigenvalue weighted by Crippen LogP contribution is -2.66. The Morgan fingerprint density at radius 2 is 1.12 bits per heavy atom. The van der Waals surface area contributed by atoms with Gasteiger partial charge in [0.2, 0.25) is 0 Å². The molecule has 0 aromatic heterocycles. The highest BCUT2D eigenvalue weighted by molar-refractivity contribution is 4.95. The van der Waals surface area contributed by atoms with Crippen molar-refractivity contribution in [1.29, 1.82) is 0 Å². The summed E-state index contributed by atoms with van der Waals surface area (Å²) < 4.78 is 26.7. The van der Waals surface area contributed by atoms with E-state index in [9.17, 15) is 51.1 Å². The minimum absolute atomic E-state index is 0.739. The lowest BCUT2D eigenvalue weighted by molar-refractivity contribution is -0.386. The molecule has 0 bridgehead atoms. The Balaban J connectivity index is 1.83. The molecule has 33 heavy (non-hydrogen) atoms. The van der Waals surface area contributed by atoms with Crippen LogP contribution in [0.1, 0.15) is 6.92 Å². The Morgan fingerprint density at radius 1 is 0.545 bits per heavy atom. The Hall–Kier alpha value is -0.600. The van der Waals surface area contributed by atoms with Gasteiger partial charge < -0.3 is 74.7 Å². The average Bonchev–Trinajstić information content (AvgIpc) is 2.79. The van der Waals surface area contributed by atoms with Crippen LogP contribution in [0.15, 0.2) is 0 Å². The lowest BCUT2D eigenvalue weighted by atomic mass is 9.96. The molecule has 10 N–H and O–H groups in total. The van der Waals surface area contributed by atoms with Gasteiger partial charge in [0, 0.05) is 0 Å². The first kappa shape index (κ1) is 27.0. The van der Waals surface area contributed by atoms with Gasteiger partial charge in [0.05, 0.1) is 19.3 Å². The van der Waals surface area contributed by atoms with Crippen molar-refractivity contribution in [1.82, 2.24) is 0 Å². The van der Waals surface area contributed by atoms with E-state index >= 15 is 0 Å². The van der Waals surface area contributed by atoms with Crippen LogP contribution in [0.2, 0.25) is 0 Å². The predicted octanol–water partition coefficient (Wildman–Crippen LogP) is -6.55. The first-order chi connectivity index (χ1) is 15.5. The maximum atomic E-state index is 10.6. The number of rotatable bonds is 6. The molecule has 3 fully saturated rings. The summed E-state index contributed by atoms with van der Waals surface area (Å²) in [7, 11) is 0. The summed E-state index contributed by atoms with van der Waals surface area (Å²) in [6.45, 7) is -0.118. The van der Waals surface area contributed by atoms with Gasteiger partial charge in [-0.2, -0.15) is 0 Å². The van der Waals surface area contributed by atoms with Crippen LogP contribution >= 0.6 is 0 Å². The van der Waals surface area contributed by atoms with Crippen LogP contribution in [0.5, 0.6) is 0 Å². The zero-order valence-electron chi connectivity index (χ0n) is 17.6. The number of hydrogen-bond donors (Lipinski definition) is 10. The lowest BCUT2D eigenvalue weighted by Gasteiger charge is -2.48. The molecular formula is C18H32O15. The van der Waals surface area contributed by atoms with Gasteiger partial charge in [-0.3, -0.25) is 0 Å². The number of ether oxygens (including phenoxy) is 5. The molecule has 3 saturated heterocycles. The molecule has 0 amide bonds. The standard InChI is InChI=1S/C18H32O15/c1-4-7(21)10(24)12(26)17(29-4)33-15-11(25)8(22)5(2-19)31-18(15)32-14-9(23)6(3-20)30-16(28)13(14)27/h4-28H,2-3H2,1H3/t4-,5+,6+,7+,8-,9-,10+,11-,12-,13+,14-,15+,16?,17-,18-/m0/s1. The molecule has 15 atom stereocenters. The second-order valence-electron chi connectivity index (χ2n) is 8.32. The van der Waals surface area contributed by atoms with Gasteiger partial charge in [-0.05, 0) is 6.92 Å². The van der Waals surface area contributed by atoms with Crippen molar-refractivity contribution < 1.29 is 74.7 Å². The van der Waals surface area contributed by atoms with E-state index in [0.717, 1.165) is 0 Å². The van der Waals surface area contributed by atoms with Crippen LogP contribution < -0.4 is 0 Å². The van der Waals surface area contributed by atoms with Crippen LogP contribution in [0.25, 0.3) is 0 Å². The summed E-state index contributed by atoms with van der Waals surface area (Å²) in [5.74, 6) is 0. The van der Waals surface area contributed by atoms with Crippen molar-refractivity contribution in [3.63, 3.8) is 0 Å². The van der Waals surface area contributed by atoms with Crippen molar-refractivity contribution in [2.45, 2.75) is 99.0 Å². The highest BCUT2D eigenvalue weighted by atomic mass is 16.8. The molecule has 15 heteroatoms. The minimum Gasteiger partial charge on any atom is -0.394 e. The van der Waals surface area contributed by atoms with Crippen molar-refractivity contribution in [2.75, 3.05) is 13.2 Å². The van der Waals surface area contributed by atoms with E-state index in [0.29, 0.717) is 0 Å². The Morgan fingerprint density at radius 3 is 1.73 bits per heavy atom. The Bertz CT molecular complexity index is 626. The number of aliphatic hydroxyl groups is 10. The summed E-state index contributed by atoms with van der Waals surface area (Å²) in [5, 5.41) is 100. The van der Waals surface area contributed by atoms with Gasteiger partial charge in [-0.1, -0.05) is 0 Å². The van der Waals surface area contributed by atoms with E-state index in [4.69, 9.17) is 23.7 Å². The van der Waals surface area contributed by atoms with Crippen molar-refractivity contribution in [3.8, 4) is 0 Å². The van der Waals surface area contributed by atoms with E-state index in [1.165, 1.54) is 6.92 Å². The third kappa shape index (κ3) is 5.32. The summed E-state index contributed by atoms with van der Waals surface area (Å²) in [6, 6.07) is 0. The normalized spacial score (nSPS) is 53.7. The summed E-state index contributed by atoms with van der Waals surface area (Å²) >= 11 is 0. The highest BCUT2D eigenvalue weighted by Gasteiger charge is 2.53. The molecule has 0 radical (unpaired) electrons. The molecule has 0 aromatic carbocycles. The van der Waals surface area contributed by atoms with Gasteiger partial charge in [0.25, 0.3) is 0 Å². The summed E-state index contributed by atoms with van der Waals surface area (Å²) in [6.07, 6.45) is -24.2. The highest BCUT2D eigenvalue weighted by Crippen LogP contribution is 2.32. The van der Waals surface area contributed by atoms with Crippen LogP contribution in [-0.4, -0.2) is 156 Å². The quantitative estimate of drug-likeness (QED) is 0.167. The largest absolute Gasteiger partial charge is 0.394 e. The van der Waals surface area contributed by atoms with E-state index in [2.05, 4.69) is 0 Å². The van der Waals surface area contributed by atoms with E-state index < -0.39 is 105 Å². The van der Waals surface area contributed by atoms with E-state index in [-0.39, 0.29) is 0 Å². The molecule has 0 aromatic rings. The second kappa shape index (κ2) is 11.0. The fraction of sp³-hybridized carbons (Fsp3) is 1.00. The Kier molecular flexibility index (Phi) is 8.99. The zero-order chi connectivity index (χ0) is 24.6. The molecule has 194 valence electrons. The minimum atomic E-state index is -1.86. The Labute approximate surface area is 187 Å². The van der Waals surface area contributed by atoms with Crippen LogP contribution in [0, 0.1) is 0 Å². The summed E-state index contributed by atoms with van der Waals surface area (Å²) in [5.41, 5.74) is 0. The topological polar surface area (TPSA) is 248 Å². The molecule has 3 heterocycles. The molecular weight excluding hydrogens is 456 g/mol. The molecule has 0 aliphatic carbocycles. The van der Waals surface area contributed by atoms with Crippen molar-refractivity contribution in [2.24, 2.45) is 0 Å². The van der Waals surface area contributed by atoms with Gasteiger partial charge in [-0.15, -0.1) is 0 Å². The fourth-order valence-corrected chi connectivity index (χ4v) is 3.97. The van der Waals surface area contributed by atoms with Crippen molar-refractivity contribution >= 4 is 0 Å². The van der Waals surface area contributed by atoms with Crippen LogP contribution in [-0.2, 0) is 23.7 Å². The first-order valence-corrected chi connectivity index (χ1v) is 10.4. The molecule has 3 rings (SSSR count). The monoisotopic (exact) mass is 488 g/mol. The van der Waals surface area contributed by atoms with Gasteiger partial charge in [0.15, 0.2) is 18.9 Å².